The molecule has 1 saturated heterocycles. The molecule has 0 radical (unpaired) electrons. The number of hydrogen-bond acceptors (Lipinski definition) is 5. The summed E-state index contributed by atoms with van der Waals surface area (Å²) in [5.74, 6) is -0.843. The van der Waals surface area contributed by atoms with Crippen LogP contribution in [-0.4, -0.2) is 54.2 Å². The Morgan fingerprint density at radius 3 is 2.17 bits per heavy atom. The van der Waals surface area contributed by atoms with E-state index in [1.807, 2.05) is 0 Å². The molecule has 132 valence electrons. The molecular formula is C16H28N2O5. The largest absolute Gasteiger partial charge is 0.451 e. The number of nitrogens with zero attached hydrogens (tertiary/aromatic N) is 1. The van der Waals surface area contributed by atoms with Crippen LogP contribution in [0.5, 0.6) is 0 Å². The molecule has 0 aromatic rings. The molecule has 1 N–H and O–H groups in total. The molecule has 0 aromatic carbocycles. The summed E-state index contributed by atoms with van der Waals surface area (Å²) >= 11 is 0. The maximum Gasteiger partial charge on any atom is 0.408 e. The van der Waals surface area contributed by atoms with Crippen molar-refractivity contribution < 1.29 is 23.9 Å². The van der Waals surface area contributed by atoms with E-state index in [1.54, 1.807) is 32.6 Å². The van der Waals surface area contributed by atoms with E-state index in [-0.39, 0.29) is 12.5 Å². The van der Waals surface area contributed by atoms with Crippen LogP contribution in [0.15, 0.2) is 0 Å². The summed E-state index contributed by atoms with van der Waals surface area (Å²) in [6, 6.07) is 0. The second kappa shape index (κ2) is 8.74. The van der Waals surface area contributed by atoms with Gasteiger partial charge >= 0.3 is 12.1 Å². The summed E-state index contributed by atoms with van der Waals surface area (Å²) in [6.07, 6.45) is 2.66. The standard InChI is InChI=1S/C16H28N2O5/c1-12(14(20)18-9-7-5-6-8-10-18)22-13(19)11-17-15(21)23-16(2,3)4/h12H,5-11H2,1-4H3,(H,17,21)/t12-/m1/s1. The molecule has 1 rings (SSSR count). The van der Waals surface area contributed by atoms with E-state index < -0.39 is 23.8 Å². The number of hydrogen-bond donors (Lipinski definition) is 1. The zero-order valence-corrected chi connectivity index (χ0v) is 14.5. The quantitative estimate of drug-likeness (QED) is 0.796. The summed E-state index contributed by atoms with van der Waals surface area (Å²) in [5.41, 5.74) is -0.635. The molecule has 0 unspecified atom stereocenters. The number of carbonyl (C=O) groups excluding carboxylic acids is 3. The third kappa shape index (κ3) is 7.85. The molecule has 1 atom stereocenters. The van der Waals surface area contributed by atoms with Gasteiger partial charge in [-0.3, -0.25) is 9.59 Å². The minimum Gasteiger partial charge on any atom is -0.451 e. The molecule has 1 aliphatic heterocycles. The maximum absolute atomic E-state index is 12.2. The number of esters is 1. The van der Waals surface area contributed by atoms with Crippen molar-refractivity contribution in [3.63, 3.8) is 0 Å². The summed E-state index contributed by atoms with van der Waals surface area (Å²) in [5, 5.41) is 2.31. The zero-order valence-electron chi connectivity index (χ0n) is 14.5. The molecule has 1 fully saturated rings. The van der Waals surface area contributed by atoms with Gasteiger partial charge in [0.05, 0.1) is 0 Å². The molecule has 1 aliphatic rings. The first-order valence-electron chi connectivity index (χ1n) is 8.14. The molecule has 23 heavy (non-hydrogen) atoms. The molecule has 0 saturated carbocycles. The van der Waals surface area contributed by atoms with Crippen LogP contribution in [0, 0.1) is 0 Å². The highest BCUT2D eigenvalue weighted by atomic mass is 16.6. The van der Waals surface area contributed by atoms with Gasteiger partial charge in [0, 0.05) is 13.1 Å². The monoisotopic (exact) mass is 328 g/mol. The van der Waals surface area contributed by atoms with E-state index in [9.17, 15) is 14.4 Å². The van der Waals surface area contributed by atoms with Crippen molar-refractivity contribution in [3.05, 3.63) is 0 Å². The highest BCUT2D eigenvalue weighted by Crippen LogP contribution is 2.11. The van der Waals surface area contributed by atoms with Crippen LogP contribution in [0.3, 0.4) is 0 Å². The summed E-state index contributed by atoms with van der Waals surface area (Å²) in [4.78, 5) is 37.2. The van der Waals surface area contributed by atoms with Crippen LogP contribution in [0.1, 0.15) is 53.4 Å². The predicted octanol–water partition coefficient (Wildman–Crippen LogP) is 1.85. The fourth-order valence-electron chi connectivity index (χ4n) is 2.30. The number of likely N-dealkylation sites (tertiary alicyclic amines) is 1. The number of amides is 2. The third-order valence-electron chi connectivity index (χ3n) is 3.35. The maximum atomic E-state index is 12.2. The lowest BCUT2D eigenvalue weighted by Gasteiger charge is -2.24. The average molecular weight is 328 g/mol. The number of carbonyl (C=O) groups is 3. The number of nitrogens with one attached hydrogen (secondary N) is 1. The van der Waals surface area contributed by atoms with E-state index in [0.717, 1.165) is 25.7 Å². The Labute approximate surface area is 137 Å². The Morgan fingerprint density at radius 1 is 1.09 bits per heavy atom. The van der Waals surface area contributed by atoms with Crippen molar-refractivity contribution in [2.45, 2.75) is 65.1 Å². The van der Waals surface area contributed by atoms with Gasteiger partial charge in [0.25, 0.3) is 5.91 Å². The molecule has 1 heterocycles. The molecule has 7 nitrogen and oxygen atoms in total. The first-order valence-corrected chi connectivity index (χ1v) is 8.14. The van der Waals surface area contributed by atoms with Gasteiger partial charge in [-0.15, -0.1) is 0 Å². The average Bonchev–Trinajstić information content (AvgIpc) is 2.71. The van der Waals surface area contributed by atoms with E-state index in [2.05, 4.69) is 5.32 Å². The van der Waals surface area contributed by atoms with Crippen molar-refractivity contribution in [1.29, 1.82) is 0 Å². The lowest BCUT2D eigenvalue weighted by molar-refractivity contribution is -0.158. The van der Waals surface area contributed by atoms with Crippen LogP contribution in [0.2, 0.25) is 0 Å². The Kier molecular flexibility index (Phi) is 7.32. The van der Waals surface area contributed by atoms with Crippen molar-refractivity contribution in [2.24, 2.45) is 0 Å². The van der Waals surface area contributed by atoms with Gasteiger partial charge in [0.15, 0.2) is 6.10 Å². The van der Waals surface area contributed by atoms with Gasteiger partial charge < -0.3 is 19.7 Å². The third-order valence-corrected chi connectivity index (χ3v) is 3.35. The van der Waals surface area contributed by atoms with Crippen LogP contribution in [0.25, 0.3) is 0 Å². The van der Waals surface area contributed by atoms with E-state index >= 15 is 0 Å². The number of rotatable bonds is 4. The summed E-state index contributed by atoms with van der Waals surface area (Å²) in [6.45, 7) is 7.82. The molecule has 0 aromatic heterocycles. The Bertz CT molecular complexity index is 423. The molecule has 0 spiro atoms. The first-order chi connectivity index (χ1) is 10.7. The minimum atomic E-state index is -0.846. The van der Waals surface area contributed by atoms with Gasteiger partial charge in [-0.1, -0.05) is 12.8 Å². The second-order valence-electron chi connectivity index (χ2n) is 6.73. The number of ether oxygens (including phenoxy) is 2. The topological polar surface area (TPSA) is 84.9 Å². The van der Waals surface area contributed by atoms with Crippen molar-refractivity contribution >= 4 is 18.0 Å². The summed E-state index contributed by atoms with van der Waals surface area (Å²) < 4.78 is 10.1. The lowest BCUT2D eigenvalue weighted by Crippen LogP contribution is -2.42. The molecule has 0 bridgehead atoms. The predicted molar refractivity (Wildman–Crippen MR) is 84.8 cm³/mol. The van der Waals surface area contributed by atoms with Crippen LogP contribution in [0.4, 0.5) is 4.79 Å². The Morgan fingerprint density at radius 2 is 1.65 bits per heavy atom. The SMILES string of the molecule is C[C@@H](OC(=O)CNC(=O)OC(C)(C)C)C(=O)N1CCCCCC1. The van der Waals surface area contributed by atoms with Crippen molar-refractivity contribution in [3.8, 4) is 0 Å². The van der Waals surface area contributed by atoms with Gasteiger partial charge in [-0.05, 0) is 40.5 Å². The Balaban J connectivity index is 2.35. The fraction of sp³-hybridized carbons (Fsp3) is 0.812. The molecule has 0 aliphatic carbocycles. The van der Waals surface area contributed by atoms with E-state index in [0.29, 0.717) is 13.1 Å². The Hall–Kier alpha value is -1.79. The highest BCUT2D eigenvalue weighted by molar-refractivity contribution is 5.85. The minimum absolute atomic E-state index is 0.183. The number of alkyl carbamates (subject to hydrolysis) is 1. The molecular weight excluding hydrogens is 300 g/mol. The van der Waals surface area contributed by atoms with Crippen LogP contribution in [-0.2, 0) is 19.1 Å². The lowest BCUT2D eigenvalue weighted by atomic mass is 10.2. The molecule has 2 amide bonds. The van der Waals surface area contributed by atoms with Crippen LogP contribution < -0.4 is 5.32 Å². The molecule has 7 heteroatoms. The second-order valence-corrected chi connectivity index (χ2v) is 6.73. The van der Waals surface area contributed by atoms with E-state index in [1.165, 1.54) is 0 Å². The summed E-state index contributed by atoms with van der Waals surface area (Å²) in [7, 11) is 0. The van der Waals surface area contributed by atoms with Gasteiger partial charge in [0.2, 0.25) is 0 Å². The normalized spacial score (nSPS) is 17.0. The van der Waals surface area contributed by atoms with Gasteiger partial charge in [-0.25, -0.2) is 4.79 Å². The van der Waals surface area contributed by atoms with Crippen molar-refractivity contribution in [1.82, 2.24) is 10.2 Å². The van der Waals surface area contributed by atoms with Crippen molar-refractivity contribution in [2.75, 3.05) is 19.6 Å². The van der Waals surface area contributed by atoms with Crippen LogP contribution >= 0.6 is 0 Å². The van der Waals surface area contributed by atoms with Gasteiger partial charge in [0.1, 0.15) is 12.1 Å². The zero-order chi connectivity index (χ0) is 17.5. The highest BCUT2D eigenvalue weighted by Gasteiger charge is 2.25. The fourth-order valence-corrected chi connectivity index (χ4v) is 2.30. The smallest absolute Gasteiger partial charge is 0.408 e. The van der Waals surface area contributed by atoms with E-state index in [4.69, 9.17) is 9.47 Å². The first kappa shape index (κ1) is 19.3. The van der Waals surface area contributed by atoms with Gasteiger partial charge in [-0.2, -0.15) is 0 Å².